The average molecular weight is 254 g/mol. The van der Waals surface area contributed by atoms with Crippen LogP contribution in [0.4, 0.5) is 0 Å². The number of rotatable bonds is 5. The summed E-state index contributed by atoms with van der Waals surface area (Å²) in [5, 5.41) is 0. The lowest BCUT2D eigenvalue weighted by Gasteiger charge is -2.25. The van der Waals surface area contributed by atoms with Crippen LogP contribution in [0.5, 0.6) is 0 Å². The maximum Gasteiger partial charge on any atom is 0.239 e. The minimum atomic E-state index is -0.401. The first-order valence-electron chi connectivity index (χ1n) is 6.27. The number of nitrogens with two attached hydrogens (primary N) is 1. The van der Waals surface area contributed by atoms with Crippen LogP contribution in [-0.2, 0) is 11.3 Å². The standard InChI is InChI=1S/C16H18N2O/c1-18(12-13-8-4-2-5-9-13)15(16(17)19)14-10-6-3-7-11-14/h2-11,15H,12H2,1H3,(H2,17,19). The Morgan fingerprint density at radius 2 is 1.58 bits per heavy atom. The van der Waals surface area contributed by atoms with E-state index in [0.29, 0.717) is 6.54 Å². The molecule has 2 aromatic carbocycles. The third-order valence-corrected chi connectivity index (χ3v) is 3.10. The molecule has 0 aromatic heterocycles. The van der Waals surface area contributed by atoms with Gasteiger partial charge in [-0.1, -0.05) is 60.7 Å². The molecule has 19 heavy (non-hydrogen) atoms. The maximum absolute atomic E-state index is 11.7. The van der Waals surface area contributed by atoms with E-state index in [2.05, 4.69) is 0 Å². The van der Waals surface area contributed by atoms with Crippen LogP contribution < -0.4 is 5.73 Å². The molecule has 2 rings (SSSR count). The van der Waals surface area contributed by atoms with E-state index in [1.165, 1.54) is 0 Å². The zero-order valence-corrected chi connectivity index (χ0v) is 11.0. The molecule has 0 aliphatic rings. The monoisotopic (exact) mass is 254 g/mol. The molecule has 1 unspecified atom stereocenters. The number of likely N-dealkylation sites (N-methyl/N-ethyl adjacent to an activating group) is 1. The molecule has 0 heterocycles. The van der Waals surface area contributed by atoms with Crippen molar-refractivity contribution in [3.05, 3.63) is 71.8 Å². The Bertz CT molecular complexity index is 525. The molecule has 0 fully saturated rings. The molecule has 1 amide bonds. The van der Waals surface area contributed by atoms with E-state index in [1.54, 1.807) is 0 Å². The molecule has 0 saturated carbocycles. The molecule has 0 aliphatic heterocycles. The fraction of sp³-hybridized carbons (Fsp3) is 0.188. The molecule has 3 heteroatoms. The summed E-state index contributed by atoms with van der Waals surface area (Å²) in [7, 11) is 1.91. The van der Waals surface area contributed by atoms with Crippen molar-refractivity contribution in [3.8, 4) is 0 Å². The van der Waals surface area contributed by atoms with Crippen molar-refractivity contribution in [1.29, 1.82) is 0 Å². The molecule has 0 aliphatic carbocycles. The summed E-state index contributed by atoms with van der Waals surface area (Å²) in [5.74, 6) is -0.329. The zero-order chi connectivity index (χ0) is 13.7. The lowest BCUT2D eigenvalue weighted by atomic mass is 10.0. The maximum atomic E-state index is 11.7. The number of amides is 1. The van der Waals surface area contributed by atoms with Crippen molar-refractivity contribution in [2.45, 2.75) is 12.6 Å². The Labute approximate surface area is 113 Å². The van der Waals surface area contributed by atoms with E-state index in [1.807, 2.05) is 72.6 Å². The largest absolute Gasteiger partial charge is 0.368 e. The molecule has 98 valence electrons. The molecular formula is C16H18N2O. The molecule has 2 aromatic rings. The van der Waals surface area contributed by atoms with E-state index in [4.69, 9.17) is 5.73 Å². The van der Waals surface area contributed by atoms with Crippen LogP contribution in [0.1, 0.15) is 17.2 Å². The molecular weight excluding hydrogens is 236 g/mol. The first kappa shape index (κ1) is 13.3. The average Bonchev–Trinajstić information content (AvgIpc) is 2.40. The van der Waals surface area contributed by atoms with E-state index in [9.17, 15) is 4.79 Å². The van der Waals surface area contributed by atoms with Gasteiger partial charge in [0.1, 0.15) is 6.04 Å². The highest BCUT2D eigenvalue weighted by atomic mass is 16.1. The second-order valence-electron chi connectivity index (χ2n) is 4.62. The third kappa shape index (κ3) is 3.42. The molecule has 0 radical (unpaired) electrons. The smallest absolute Gasteiger partial charge is 0.239 e. The summed E-state index contributed by atoms with van der Waals surface area (Å²) >= 11 is 0. The summed E-state index contributed by atoms with van der Waals surface area (Å²) in [6.45, 7) is 0.684. The number of hydrogen-bond donors (Lipinski definition) is 1. The van der Waals surface area contributed by atoms with Gasteiger partial charge in [-0.15, -0.1) is 0 Å². The molecule has 3 nitrogen and oxygen atoms in total. The van der Waals surface area contributed by atoms with E-state index in [0.717, 1.165) is 11.1 Å². The number of carbonyl (C=O) groups is 1. The van der Waals surface area contributed by atoms with Crippen LogP contribution in [0.2, 0.25) is 0 Å². The Balaban J connectivity index is 2.18. The Hall–Kier alpha value is -2.13. The van der Waals surface area contributed by atoms with Gasteiger partial charge in [0, 0.05) is 6.54 Å². The van der Waals surface area contributed by atoms with Gasteiger partial charge < -0.3 is 5.73 Å². The van der Waals surface area contributed by atoms with Gasteiger partial charge in [0.05, 0.1) is 0 Å². The second kappa shape index (κ2) is 6.16. The number of hydrogen-bond acceptors (Lipinski definition) is 2. The van der Waals surface area contributed by atoms with Crippen LogP contribution in [0.25, 0.3) is 0 Å². The minimum Gasteiger partial charge on any atom is -0.368 e. The van der Waals surface area contributed by atoms with Gasteiger partial charge in [0.15, 0.2) is 0 Å². The Kier molecular flexibility index (Phi) is 4.31. The lowest BCUT2D eigenvalue weighted by molar-refractivity contribution is -0.123. The second-order valence-corrected chi connectivity index (χ2v) is 4.62. The van der Waals surface area contributed by atoms with E-state index >= 15 is 0 Å². The summed E-state index contributed by atoms with van der Waals surface area (Å²) in [6.07, 6.45) is 0. The van der Waals surface area contributed by atoms with Gasteiger partial charge in [-0.2, -0.15) is 0 Å². The summed E-state index contributed by atoms with van der Waals surface area (Å²) in [6, 6.07) is 19.3. The summed E-state index contributed by atoms with van der Waals surface area (Å²) < 4.78 is 0. The normalized spacial score (nSPS) is 12.3. The third-order valence-electron chi connectivity index (χ3n) is 3.10. The van der Waals surface area contributed by atoms with E-state index < -0.39 is 6.04 Å². The quantitative estimate of drug-likeness (QED) is 0.890. The lowest BCUT2D eigenvalue weighted by Crippen LogP contribution is -2.34. The van der Waals surface area contributed by atoms with Crippen LogP contribution in [-0.4, -0.2) is 17.9 Å². The molecule has 0 spiro atoms. The summed E-state index contributed by atoms with van der Waals surface area (Å²) in [5.41, 5.74) is 7.63. The number of benzene rings is 2. The number of primary amides is 1. The fourth-order valence-corrected chi connectivity index (χ4v) is 2.23. The van der Waals surface area contributed by atoms with Gasteiger partial charge in [-0.3, -0.25) is 9.69 Å². The minimum absolute atomic E-state index is 0.329. The van der Waals surface area contributed by atoms with Gasteiger partial charge in [0.2, 0.25) is 5.91 Å². The molecule has 0 saturated heterocycles. The number of nitrogens with zero attached hydrogens (tertiary/aromatic N) is 1. The highest BCUT2D eigenvalue weighted by molar-refractivity contribution is 5.81. The predicted octanol–water partition coefficient (Wildman–Crippen LogP) is 2.35. The van der Waals surface area contributed by atoms with Gasteiger partial charge in [-0.05, 0) is 18.2 Å². The SMILES string of the molecule is CN(Cc1ccccc1)C(C(N)=O)c1ccccc1. The summed E-state index contributed by atoms with van der Waals surface area (Å²) in [4.78, 5) is 13.7. The Morgan fingerprint density at radius 1 is 1.05 bits per heavy atom. The predicted molar refractivity (Wildman–Crippen MR) is 76.3 cm³/mol. The number of carbonyl (C=O) groups excluding carboxylic acids is 1. The van der Waals surface area contributed by atoms with Gasteiger partial charge in [-0.25, -0.2) is 0 Å². The van der Waals surface area contributed by atoms with Crippen LogP contribution in [0.15, 0.2) is 60.7 Å². The fourth-order valence-electron chi connectivity index (χ4n) is 2.23. The van der Waals surface area contributed by atoms with E-state index in [-0.39, 0.29) is 5.91 Å². The van der Waals surface area contributed by atoms with Crippen LogP contribution >= 0.6 is 0 Å². The molecule has 1 atom stereocenters. The zero-order valence-electron chi connectivity index (χ0n) is 11.0. The van der Waals surface area contributed by atoms with Crippen LogP contribution in [0.3, 0.4) is 0 Å². The van der Waals surface area contributed by atoms with Crippen molar-refractivity contribution < 1.29 is 4.79 Å². The van der Waals surface area contributed by atoms with Crippen molar-refractivity contribution in [2.75, 3.05) is 7.05 Å². The van der Waals surface area contributed by atoms with Crippen LogP contribution in [0, 0.1) is 0 Å². The van der Waals surface area contributed by atoms with Crippen molar-refractivity contribution in [3.63, 3.8) is 0 Å². The Morgan fingerprint density at radius 3 is 2.11 bits per heavy atom. The van der Waals surface area contributed by atoms with Crippen molar-refractivity contribution >= 4 is 5.91 Å². The van der Waals surface area contributed by atoms with Crippen molar-refractivity contribution in [1.82, 2.24) is 4.90 Å². The highest BCUT2D eigenvalue weighted by Gasteiger charge is 2.22. The van der Waals surface area contributed by atoms with Gasteiger partial charge in [0.25, 0.3) is 0 Å². The van der Waals surface area contributed by atoms with Crippen molar-refractivity contribution in [2.24, 2.45) is 5.73 Å². The molecule has 2 N–H and O–H groups in total. The first-order chi connectivity index (χ1) is 9.18. The topological polar surface area (TPSA) is 46.3 Å². The highest BCUT2D eigenvalue weighted by Crippen LogP contribution is 2.20. The first-order valence-corrected chi connectivity index (χ1v) is 6.27. The van der Waals surface area contributed by atoms with Gasteiger partial charge >= 0.3 is 0 Å². The molecule has 0 bridgehead atoms.